The number of anilines is 1. The van der Waals surface area contributed by atoms with Crippen LogP contribution in [0.4, 0.5) is 11.5 Å². The monoisotopic (exact) mass is 243 g/mol. The first-order valence-electron chi connectivity index (χ1n) is 5.73. The summed E-state index contributed by atoms with van der Waals surface area (Å²) in [7, 11) is 0. The van der Waals surface area contributed by atoms with E-state index in [0.29, 0.717) is 17.9 Å². The van der Waals surface area contributed by atoms with Gasteiger partial charge in [-0.1, -0.05) is 12.1 Å². The van der Waals surface area contributed by atoms with Crippen molar-refractivity contribution in [1.29, 1.82) is 0 Å². The maximum Gasteiger partial charge on any atom is 0.190 e. The number of hydrogen-bond acceptors (Lipinski definition) is 5. The standard InChI is InChI=1S/C12H13N5O/c13-9-3-1-2-8(6-9)12-15-14-11-7-10(4-5-18)16-17(11)12/h1-3,6-7,12,18H,4-5,13H2. The first-order valence-corrected chi connectivity index (χ1v) is 5.73. The fraction of sp³-hybridized carbons (Fsp3) is 0.250. The molecule has 92 valence electrons. The maximum absolute atomic E-state index is 8.91. The van der Waals surface area contributed by atoms with Crippen molar-refractivity contribution in [3.05, 3.63) is 41.6 Å². The molecule has 1 aromatic heterocycles. The van der Waals surface area contributed by atoms with Gasteiger partial charge in [0, 0.05) is 30.3 Å². The Balaban J connectivity index is 1.97. The van der Waals surface area contributed by atoms with E-state index in [4.69, 9.17) is 10.8 Å². The van der Waals surface area contributed by atoms with Crippen molar-refractivity contribution >= 4 is 11.5 Å². The van der Waals surface area contributed by atoms with Crippen LogP contribution in [0.3, 0.4) is 0 Å². The summed E-state index contributed by atoms with van der Waals surface area (Å²) in [6.45, 7) is 0.0799. The molecule has 6 nitrogen and oxygen atoms in total. The molecule has 0 aliphatic carbocycles. The van der Waals surface area contributed by atoms with Crippen molar-refractivity contribution in [3.63, 3.8) is 0 Å². The van der Waals surface area contributed by atoms with Gasteiger partial charge >= 0.3 is 0 Å². The first kappa shape index (κ1) is 10.9. The smallest absolute Gasteiger partial charge is 0.190 e. The van der Waals surface area contributed by atoms with Crippen LogP contribution in [0.25, 0.3) is 0 Å². The van der Waals surface area contributed by atoms with Gasteiger partial charge in [0.05, 0.1) is 5.69 Å². The van der Waals surface area contributed by atoms with Gasteiger partial charge in [-0.25, -0.2) is 4.68 Å². The molecule has 0 amide bonds. The number of aliphatic hydroxyl groups is 1. The minimum absolute atomic E-state index is 0.0799. The summed E-state index contributed by atoms with van der Waals surface area (Å²) in [4.78, 5) is 0. The van der Waals surface area contributed by atoms with Crippen LogP contribution >= 0.6 is 0 Å². The molecule has 1 unspecified atom stereocenters. The molecule has 1 aliphatic rings. The number of nitrogens with two attached hydrogens (primary N) is 1. The Morgan fingerprint density at radius 3 is 3.00 bits per heavy atom. The molecule has 0 spiro atoms. The fourth-order valence-electron chi connectivity index (χ4n) is 2.02. The minimum Gasteiger partial charge on any atom is -0.399 e. The molecule has 1 atom stereocenters. The van der Waals surface area contributed by atoms with Gasteiger partial charge in [-0.3, -0.25) is 0 Å². The van der Waals surface area contributed by atoms with Crippen molar-refractivity contribution < 1.29 is 5.11 Å². The van der Waals surface area contributed by atoms with Gasteiger partial charge in [-0.2, -0.15) is 10.2 Å². The molecular formula is C12H13N5O. The molecule has 1 aromatic carbocycles. The highest BCUT2D eigenvalue weighted by Crippen LogP contribution is 2.33. The first-order chi connectivity index (χ1) is 8.78. The van der Waals surface area contributed by atoms with Crippen LogP contribution < -0.4 is 5.73 Å². The predicted octanol–water partition coefficient (Wildman–Crippen LogP) is 1.64. The lowest BCUT2D eigenvalue weighted by Crippen LogP contribution is -2.07. The summed E-state index contributed by atoms with van der Waals surface area (Å²) >= 11 is 0. The Morgan fingerprint density at radius 1 is 1.33 bits per heavy atom. The second kappa shape index (κ2) is 4.23. The normalized spacial score (nSPS) is 17.1. The number of nitrogen functional groups attached to an aromatic ring is 1. The van der Waals surface area contributed by atoms with Gasteiger partial charge in [0.25, 0.3) is 0 Å². The van der Waals surface area contributed by atoms with E-state index in [-0.39, 0.29) is 12.8 Å². The number of benzene rings is 1. The van der Waals surface area contributed by atoms with Crippen molar-refractivity contribution in [2.24, 2.45) is 10.2 Å². The third kappa shape index (κ3) is 1.76. The zero-order chi connectivity index (χ0) is 12.5. The van der Waals surface area contributed by atoms with Crippen LogP contribution in [0.2, 0.25) is 0 Å². The van der Waals surface area contributed by atoms with E-state index < -0.39 is 0 Å². The maximum atomic E-state index is 8.91. The molecule has 0 fully saturated rings. The average Bonchev–Trinajstić information content (AvgIpc) is 2.88. The number of hydrogen-bond donors (Lipinski definition) is 2. The largest absolute Gasteiger partial charge is 0.399 e. The molecule has 3 N–H and O–H groups in total. The van der Waals surface area contributed by atoms with Crippen molar-refractivity contribution in [3.8, 4) is 0 Å². The van der Waals surface area contributed by atoms with Crippen LogP contribution in [0.5, 0.6) is 0 Å². The molecule has 0 bridgehead atoms. The highest BCUT2D eigenvalue weighted by molar-refractivity contribution is 5.43. The van der Waals surface area contributed by atoms with E-state index in [1.54, 1.807) is 4.68 Å². The number of azo groups is 1. The van der Waals surface area contributed by atoms with Crippen LogP contribution in [0, 0.1) is 0 Å². The summed E-state index contributed by atoms with van der Waals surface area (Å²) < 4.78 is 1.75. The lowest BCUT2D eigenvalue weighted by Gasteiger charge is -2.09. The van der Waals surface area contributed by atoms with Crippen LogP contribution in [-0.4, -0.2) is 21.5 Å². The number of aliphatic hydroxyl groups excluding tert-OH is 1. The Bertz CT molecular complexity index is 604. The van der Waals surface area contributed by atoms with E-state index in [2.05, 4.69) is 15.3 Å². The number of fused-ring (bicyclic) bond motifs is 1. The molecule has 0 radical (unpaired) electrons. The molecule has 6 heteroatoms. The van der Waals surface area contributed by atoms with Gasteiger partial charge in [-0.15, -0.1) is 5.11 Å². The van der Waals surface area contributed by atoms with Crippen molar-refractivity contribution in [2.75, 3.05) is 12.3 Å². The third-order valence-electron chi connectivity index (χ3n) is 2.84. The van der Waals surface area contributed by atoms with Gasteiger partial charge < -0.3 is 10.8 Å². The average molecular weight is 243 g/mol. The summed E-state index contributed by atoms with van der Waals surface area (Å²) in [6.07, 6.45) is 0.273. The van der Waals surface area contributed by atoms with Crippen LogP contribution in [-0.2, 0) is 6.42 Å². The number of nitrogens with zero attached hydrogens (tertiary/aromatic N) is 4. The molecule has 0 saturated heterocycles. The van der Waals surface area contributed by atoms with Gasteiger partial charge in [-0.05, 0) is 12.1 Å². The van der Waals surface area contributed by atoms with E-state index >= 15 is 0 Å². The summed E-state index contributed by atoms with van der Waals surface area (Å²) in [5.41, 5.74) is 8.23. The Labute approximate surface area is 104 Å². The summed E-state index contributed by atoms with van der Waals surface area (Å²) in [5, 5.41) is 21.6. The number of rotatable bonds is 3. The molecule has 18 heavy (non-hydrogen) atoms. The Kier molecular flexibility index (Phi) is 2.56. The topological polar surface area (TPSA) is 88.8 Å². The predicted molar refractivity (Wildman–Crippen MR) is 66.5 cm³/mol. The van der Waals surface area contributed by atoms with E-state index in [9.17, 15) is 0 Å². The highest BCUT2D eigenvalue weighted by Gasteiger charge is 2.23. The lowest BCUT2D eigenvalue weighted by atomic mass is 10.1. The summed E-state index contributed by atoms with van der Waals surface area (Å²) in [6, 6.07) is 9.37. The second-order valence-electron chi connectivity index (χ2n) is 4.17. The van der Waals surface area contributed by atoms with Gasteiger partial charge in [0.2, 0.25) is 0 Å². The molecule has 2 heterocycles. The fourth-order valence-corrected chi connectivity index (χ4v) is 2.02. The highest BCUT2D eigenvalue weighted by atomic mass is 16.3. The number of aromatic nitrogens is 2. The molecule has 3 rings (SSSR count). The molecule has 1 aliphatic heterocycles. The molecule has 2 aromatic rings. The minimum atomic E-state index is -0.254. The third-order valence-corrected chi connectivity index (χ3v) is 2.84. The zero-order valence-corrected chi connectivity index (χ0v) is 9.69. The lowest BCUT2D eigenvalue weighted by molar-refractivity contribution is 0.297. The van der Waals surface area contributed by atoms with Crippen molar-refractivity contribution in [1.82, 2.24) is 9.78 Å². The quantitative estimate of drug-likeness (QED) is 0.803. The SMILES string of the molecule is Nc1cccc(C2N=Nc3cc(CCO)nn32)c1. The Hall–Kier alpha value is -2.21. The van der Waals surface area contributed by atoms with Crippen molar-refractivity contribution in [2.45, 2.75) is 12.6 Å². The molecular weight excluding hydrogens is 230 g/mol. The summed E-state index contributed by atoms with van der Waals surface area (Å²) in [5.74, 6) is 0.714. The second-order valence-corrected chi connectivity index (χ2v) is 4.17. The van der Waals surface area contributed by atoms with Crippen LogP contribution in [0.15, 0.2) is 40.6 Å². The molecule has 0 saturated carbocycles. The van der Waals surface area contributed by atoms with Gasteiger partial charge in [0.15, 0.2) is 12.0 Å². The van der Waals surface area contributed by atoms with E-state index in [0.717, 1.165) is 11.3 Å². The van der Waals surface area contributed by atoms with Crippen LogP contribution in [0.1, 0.15) is 17.4 Å². The Morgan fingerprint density at radius 2 is 2.22 bits per heavy atom. The van der Waals surface area contributed by atoms with E-state index in [1.807, 2.05) is 30.3 Å². The zero-order valence-electron chi connectivity index (χ0n) is 9.69. The van der Waals surface area contributed by atoms with E-state index in [1.165, 1.54) is 0 Å². The van der Waals surface area contributed by atoms with Gasteiger partial charge in [0.1, 0.15) is 0 Å².